The summed E-state index contributed by atoms with van der Waals surface area (Å²) in [4.78, 5) is 1.95. The van der Waals surface area contributed by atoms with E-state index in [-0.39, 0.29) is 6.04 Å². The minimum atomic E-state index is 0.134. The van der Waals surface area contributed by atoms with Crippen LogP contribution in [-0.2, 0) is 0 Å². The van der Waals surface area contributed by atoms with E-state index in [4.69, 9.17) is 5.11 Å². The third-order valence-electron chi connectivity index (χ3n) is 1.50. The van der Waals surface area contributed by atoms with Gasteiger partial charge >= 0.3 is 0 Å². The van der Waals surface area contributed by atoms with Crippen LogP contribution in [0.15, 0.2) is 11.8 Å². The van der Waals surface area contributed by atoms with Crippen LogP contribution in [0.1, 0.15) is 13.8 Å². The summed E-state index contributed by atoms with van der Waals surface area (Å²) in [5.41, 5.74) is 0. The van der Waals surface area contributed by atoms with E-state index in [1.165, 1.54) is 0 Å². The number of allylic oxidation sites excluding steroid dienone is 1. The molecule has 54 valence electrons. The van der Waals surface area contributed by atoms with Gasteiger partial charge in [-0.1, -0.05) is 0 Å². The van der Waals surface area contributed by atoms with Crippen molar-refractivity contribution in [3.63, 3.8) is 0 Å². The van der Waals surface area contributed by atoms with Gasteiger partial charge in [0.2, 0.25) is 0 Å². The Morgan fingerprint density at radius 2 is 2.00 bits per heavy atom. The van der Waals surface area contributed by atoms with E-state index in [9.17, 15) is 0 Å². The largest absolute Gasteiger partial charge is 0.511 e. The van der Waals surface area contributed by atoms with Crippen LogP contribution in [0.25, 0.3) is 0 Å². The fraction of sp³-hybridized carbons (Fsp3) is 0.714. The number of hydrogen-bond donors (Lipinski definition) is 1. The molecule has 0 aromatic carbocycles. The average molecular weight is 129 g/mol. The molecule has 0 amide bonds. The van der Waals surface area contributed by atoms with Crippen molar-refractivity contribution in [2.75, 3.05) is 14.1 Å². The summed E-state index contributed by atoms with van der Waals surface area (Å²) < 4.78 is 0. The molecule has 0 saturated heterocycles. The standard InChI is InChI=1S/C7H15NO/c1-5-7(9)6(2)8(3)4/h5-6,9H,1-4H3. The molecule has 2 heteroatoms. The van der Waals surface area contributed by atoms with E-state index in [2.05, 4.69) is 0 Å². The van der Waals surface area contributed by atoms with Gasteiger partial charge in [0, 0.05) is 0 Å². The Morgan fingerprint density at radius 3 is 2.11 bits per heavy atom. The molecule has 0 aromatic heterocycles. The first kappa shape index (κ1) is 8.50. The lowest BCUT2D eigenvalue weighted by atomic mass is 10.2. The SMILES string of the molecule is CC=C(O)C(C)N(C)C. The van der Waals surface area contributed by atoms with Crippen molar-refractivity contribution in [3.8, 4) is 0 Å². The molecule has 0 aliphatic rings. The Balaban J connectivity index is 3.88. The zero-order valence-electron chi connectivity index (χ0n) is 6.55. The second-order valence-electron chi connectivity index (χ2n) is 2.35. The first-order valence-electron chi connectivity index (χ1n) is 3.11. The molecular weight excluding hydrogens is 114 g/mol. The van der Waals surface area contributed by atoms with Crippen molar-refractivity contribution in [3.05, 3.63) is 11.8 Å². The molecule has 0 saturated carbocycles. The van der Waals surface area contributed by atoms with E-state index in [1.54, 1.807) is 6.08 Å². The highest BCUT2D eigenvalue weighted by Crippen LogP contribution is 2.01. The lowest BCUT2D eigenvalue weighted by Gasteiger charge is -2.18. The van der Waals surface area contributed by atoms with E-state index >= 15 is 0 Å². The maximum Gasteiger partial charge on any atom is 0.105 e. The van der Waals surface area contributed by atoms with E-state index < -0.39 is 0 Å². The molecule has 9 heavy (non-hydrogen) atoms. The lowest BCUT2D eigenvalue weighted by Crippen LogP contribution is -2.26. The van der Waals surface area contributed by atoms with Crippen molar-refractivity contribution in [2.24, 2.45) is 0 Å². The molecule has 0 rings (SSSR count). The van der Waals surface area contributed by atoms with Crippen molar-refractivity contribution in [1.29, 1.82) is 0 Å². The van der Waals surface area contributed by atoms with Crippen LogP contribution in [0.4, 0.5) is 0 Å². The van der Waals surface area contributed by atoms with Gasteiger partial charge in [-0.15, -0.1) is 0 Å². The molecule has 0 bridgehead atoms. The van der Waals surface area contributed by atoms with Crippen molar-refractivity contribution in [2.45, 2.75) is 19.9 Å². The van der Waals surface area contributed by atoms with Crippen LogP contribution in [-0.4, -0.2) is 30.1 Å². The predicted molar refractivity (Wildman–Crippen MR) is 39.5 cm³/mol. The second-order valence-corrected chi connectivity index (χ2v) is 2.35. The molecule has 0 radical (unpaired) electrons. The van der Waals surface area contributed by atoms with Crippen LogP contribution in [0.2, 0.25) is 0 Å². The maximum atomic E-state index is 9.12. The number of aliphatic hydroxyl groups excluding tert-OH is 1. The van der Waals surface area contributed by atoms with Crippen molar-refractivity contribution < 1.29 is 5.11 Å². The zero-order valence-corrected chi connectivity index (χ0v) is 6.55. The lowest BCUT2D eigenvalue weighted by molar-refractivity contribution is 0.256. The van der Waals surface area contributed by atoms with E-state index in [1.807, 2.05) is 32.8 Å². The monoisotopic (exact) mass is 129 g/mol. The maximum absolute atomic E-state index is 9.12. The number of nitrogens with zero attached hydrogens (tertiary/aromatic N) is 1. The average Bonchev–Trinajstić information content (AvgIpc) is 1.84. The Bertz CT molecular complexity index is 107. The Kier molecular flexibility index (Phi) is 3.32. The topological polar surface area (TPSA) is 23.5 Å². The number of rotatable bonds is 2. The molecule has 1 atom stereocenters. The highest BCUT2D eigenvalue weighted by Gasteiger charge is 2.06. The predicted octanol–water partition coefficient (Wildman–Crippen LogP) is 1.40. The first-order chi connectivity index (χ1) is 4.09. The second kappa shape index (κ2) is 3.51. The molecule has 0 spiro atoms. The molecule has 1 N–H and O–H groups in total. The van der Waals surface area contributed by atoms with Gasteiger partial charge in [0.25, 0.3) is 0 Å². The Morgan fingerprint density at radius 1 is 1.56 bits per heavy atom. The molecular formula is C7H15NO. The summed E-state index contributed by atoms with van der Waals surface area (Å²) in [6.45, 7) is 3.78. The van der Waals surface area contributed by atoms with Crippen molar-refractivity contribution in [1.82, 2.24) is 4.90 Å². The van der Waals surface area contributed by atoms with Gasteiger partial charge in [-0.05, 0) is 34.0 Å². The van der Waals surface area contributed by atoms with Gasteiger partial charge in [-0.3, -0.25) is 4.90 Å². The fourth-order valence-corrected chi connectivity index (χ4v) is 0.506. The van der Waals surface area contributed by atoms with Gasteiger partial charge in [0.05, 0.1) is 6.04 Å². The first-order valence-corrected chi connectivity index (χ1v) is 3.11. The molecule has 1 unspecified atom stereocenters. The summed E-state index contributed by atoms with van der Waals surface area (Å²) in [6, 6.07) is 0.134. The Labute approximate surface area is 56.8 Å². The van der Waals surface area contributed by atoms with Crippen LogP contribution in [0, 0.1) is 0 Å². The van der Waals surface area contributed by atoms with Crippen LogP contribution >= 0.6 is 0 Å². The molecule has 0 aliphatic heterocycles. The quantitative estimate of drug-likeness (QED) is 0.570. The Hall–Kier alpha value is -0.500. The van der Waals surface area contributed by atoms with E-state index in [0.29, 0.717) is 5.76 Å². The van der Waals surface area contributed by atoms with Crippen molar-refractivity contribution >= 4 is 0 Å². The van der Waals surface area contributed by atoms with Gasteiger partial charge in [-0.2, -0.15) is 0 Å². The summed E-state index contributed by atoms with van der Waals surface area (Å²) >= 11 is 0. The molecule has 0 aliphatic carbocycles. The zero-order chi connectivity index (χ0) is 7.44. The summed E-state index contributed by atoms with van der Waals surface area (Å²) in [5, 5.41) is 9.12. The summed E-state index contributed by atoms with van der Waals surface area (Å²) in [6.07, 6.45) is 1.71. The highest BCUT2D eigenvalue weighted by atomic mass is 16.3. The van der Waals surface area contributed by atoms with Gasteiger partial charge in [0.15, 0.2) is 0 Å². The van der Waals surface area contributed by atoms with Gasteiger partial charge in [-0.25, -0.2) is 0 Å². The van der Waals surface area contributed by atoms with Gasteiger partial charge < -0.3 is 5.11 Å². The molecule has 0 heterocycles. The van der Waals surface area contributed by atoms with Gasteiger partial charge in [0.1, 0.15) is 5.76 Å². The fourth-order valence-electron chi connectivity index (χ4n) is 0.506. The number of hydrogen-bond acceptors (Lipinski definition) is 2. The van der Waals surface area contributed by atoms with Crippen LogP contribution in [0.3, 0.4) is 0 Å². The number of aliphatic hydroxyl groups is 1. The molecule has 2 nitrogen and oxygen atoms in total. The minimum absolute atomic E-state index is 0.134. The highest BCUT2D eigenvalue weighted by molar-refractivity contribution is 4.97. The normalized spacial score (nSPS) is 16.3. The van der Waals surface area contributed by atoms with Crippen LogP contribution < -0.4 is 0 Å². The smallest absolute Gasteiger partial charge is 0.105 e. The number of likely N-dealkylation sites (N-methyl/N-ethyl adjacent to an activating group) is 1. The van der Waals surface area contributed by atoms with E-state index in [0.717, 1.165) is 0 Å². The summed E-state index contributed by atoms with van der Waals surface area (Å²) in [5.74, 6) is 0.431. The third-order valence-corrected chi connectivity index (χ3v) is 1.50. The van der Waals surface area contributed by atoms with Crippen LogP contribution in [0.5, 0.6) is 0 Å². The minimum Gasteiger partial charge on any atom is -0.511 e. The summed E-state index contributed by atoms with van der Waals surface area (Å²) in [7, 11) is 3.87. The molecule has 0 aromatic rings. The third kappa shape index (κ3) is 2.51. The molecule has 0 fully saturated rings.